The summed E-state index contributed by atoms with van der Waals surface area (Å²) >= 11 is 0. The standard InChI is InChI=1S/C17H30/c1-6-10-13(5)16(11-7-2)15(9-4)17-12-14(17)8-3/h6,10,14-17H,5,7-9,11-12H2,1-4H3. The number of allylic oxidation sites excluding steroid dienone is 3. The summed E-state index contributed by atoms with van der Waals surface area (Å²) in [7, 11) is 0. The lowest BCUT2D eigenvalue weighted by Crippen LogP contribution is -2.18. The van der Waals surface area contributed by atoms with Crippen molar-refractivity contribution in [1.29, 1.82) is 0 Å². The zero-order valence-corrected chi connectivity index (χ0v) is 12.2. The Labute approximate surface area is 108 Å². The Morgan fingerprint density at radius 3 is 2.47 bits per heavy atom. The van der Waals surface area contributed by atoms with E-state index >= 15 is 0 Å². The fraction of sp³-hybridized carbons (Fsp3) is 0.765. The third kappa shape index (κ3) is 3.72. The van der Waals surface area contributed by atoms with Crippen LogP contribution in [0.5, 0.6) is 0 Å². The normalized spacial score (nSPS) is 27.1. The second kappa shape index (κ2) is 7.03. The molecule has 0 bridgehead atoms. The Hall–Kier alpha value is -0.520. The van der Waals surface area contributed by atoms with Gasteiger partial charge in [-0.3, -0.25) is 0 Å². The van der Waals surface area contributed by atoms with Crippen molar-refractivity contribution in [3.8, 4) is 0 Å². The van der Waals surface area contributed by atoms with Crippen LogP contribution in [0.25, 0.3) is 0 Å². The van der Waals surface area contributed by atoms with Crippen LogP contribution in [0.2, 0.25) is 0 Å². The number of hydrogen-bond acceptors (Lipinski definition) is 0. The molecule has 0 aromatic heterocycles. The molecule has 0 N–H and O–H groups in total. The molecule has 0 radical (unpaired) electrons. The molecular formula is C17H30. The van der Waals surface area contributed by atoms with Gasteiger partial charge < -0.3 is 0 Å². The van der Waals surface area contributed by atoms with Crippen molar-refractivity contribution in [3.05, 3.63) is 24.3 Å². The highest BCUT2D eigenvalue weighted by molar-refractivity contribution is 5.19. The first kappa shape index (κ1) is 14.5. The number of rotatable bonds is 8. The van der Waals surface area contributed by atoms with Gasteiger partial charge in [-0.15, -0.1) is 0 Å². The van der Waals surface area contributed by atoms with E-state index in [-0.39, 0.29) is 0 Å². The molecule has 0 aromatic carbocycles. The van der Waals surface area contributed by atoms with Crippen molar-refractivity contribution in [3.63, 3.8) is 0 Å². The maximum absolute atomic E-state index is 4.31. The van der Waals surface area contributed by atoms with Gasteiger partial charge in [0.2, 0.25) is 0 Å². The smallest absolute Gasteiger partial charge is 0.0137 e. The third-order valence-electron chi connectivity index (χ3n) is 4.50. The van der Waals surface area contributed by atoms with Crippen molar-refractivity contribution < 1.29 is 0 Å². The maximum Gasteiger partial charge on any atom is -0.0137 e. The SMILES string of the molecule is C=C(C=CC)C(CCC)C(CC)C1CC1CC. The Bertz CT molecular complexity index is 261. The summed E-state index contributed by atoms with van der Waals surface area (Å²) in [6.07, 6.45) is 11.1. The van der Waals surface area contributed by atoms with Crippen molar-refractivity contribution in [2.24, 2.45) is 23.7 Å². The summed E-state index contributed by atoms with van der Waals surface area (Å²) in [5.74, 6) is 3.60. The second-order valence-corrected chi connectivity index (χ2v) is 5.61. The lowest BCUT2D eigenvalue weighted by atomic mass is 9.78. The third-order valence-corrected chi connectivity index (χ3v) is 4.50. The highest BCUT2D eigenvalue weighted by Gasteiger charge is 2.43. The molecule has 0 amide bonds. The lowest BCUT2D eigenvalue weighted by molar-refractivity contribution is 0.297. The van der Waals surface area contributed by atoms with Gasteiger partial charge in [0.1, 0.15) is 0 Å². The Kier molecular flexibility index (Phi) is 6.02. The van der Waals surface area contributed by atoms with E-state index in [0.29, 0.717) is 0 Å². The highest BCUT2D eigenvalue weighted by Crippen LogP contribution is 2.51. The molecule has 17 heavy (non-hydrogen) atoms. The van der Waals surface area contributed by atoms with E-state index in [0.717, 1.165) is 23.7 Å². The van der Waals surface area contributed by atoms with Crippen molar-refractivity contribution in [2.45, 2.75) is 59.8 Å². The van der Waals surface area contributed by atoms with Crippen LogP contribution in [-0.4, -0.2) is 0 Å². The van der Waals surface area contributed by atoms with E-state index in [2.05, 4.69) is 46.4 Å². The first-order valence-electron chi connectivity index (χ1n) is 7.50. The molecule has 0 aromatic rings. The van der Waals surface area contributed by atoms with E-state index in [1.165, 1.54) is 37.7 Å². The maximum atomic E-state index is 4.31. The summed E-state index contributed by atoms with van der Waals surface area (Å²) < 4.78 is 0. The van der Waals surface area contributed by atoms with E-state index in [4.69, 9.17) is 0 Å². The molecule has 1 aliphatic rings. The van der Waals surface area contributed by atoms with Crippen molar-refractivity contribution >= 4 is 0 Å². The molecule has 0 aliphatic heterocycles. The van der Waals surface area contributed by atoms with Crippen LogP contribution >= 0.6 is 0 Å². The van der Waals surface area contributed by atoms with E-state index in [1.54, 1.807) is 0 Å². The zero-order valence-electron chi connectivity index (χ0n) is 12.2. The molecule has 4 unspecified atom stereocenters. The van der Waals surface area contributed by atoms with Crippen molar-refractivity contribution in [1.82, 2.24) is 0 Å². The predicted molar refractivity (Wildman–Crippen MR) is 78.0 cm³/mol. The van der Waals surface area contributed by atoms with Gasteiger partial charge in [0.25, 0.3) is 0 Å². The summed E-state index contributed by atoms with van der Waals surface area (Å²) in [4.78, 5) is 0. The van der Waals surface area contributed by atoms with Gasteiger partial charge in [-0.05, 0) is 43.4 Å². The van der Waals surface area contributed by atoms with Crippen molar-refractivity contribution in [2.75, 3.05) is 0 Å². The van der Waals surface area contributed by atoms with E-state index in [9.17, 15) is 0 Å². The average molecular weight is 234 g/mol. The summed E-state index contributed by atoms with van der Waals surface area (Å²) in [5.41, 5.74) is 1.36. The molecule has 1 aliphatic carbocycles. The second-order valence-electron chi connectivity index (χ2n) is 5.61. The summed E-state index contributed by atoms with van der Waals surface area (Å²) in [6.45, 7) is 13.4. The molecule has 0 heterocycles. The number of hydrogen-bond donors (Lipinski definition) is 0. The van der Waals surface area contributed by atoms with Crippen LogP contribution in [0.1, 0.15) is 59.8 Å². The van der Waals surface area contributed by atoms with Crippen LogP contribution in [0.4, 0.5) is 0 Å². The van der Waals surface area contributed by atoms with Crippen LogP contribution < -0.4 is 0 Å². The molecule has 0 spiro atoms. The predicted octanol–water partition coefficient (Wildman–Crippen LogP) is 5.61. The summed E-state index contributed by atoms with van der Waals surface area (Å²) in [6, 6.07) is 0. The first-order valence-corrected chi connectivity index (χ1v) is 7.50. The van der Waals surface area contributed by atoms with Crippen LogP contribution in [0.3, 0.4) is 0 Å². The molecule has 4 atom stereocenters. The Balaban J connectivity index is 2.69. The fourth-order valence-corrected chi connectivity index (χ4v) is 3.47. The van der Waals surface area contributed by atoms with Gasteiger partial charge in [-0.2, -0.15) is 0 Å². The Morgan fingerprint density at radius 1 is 1.35 bits per heavy atom. The molecule has 0 heteroatoms. The van der Waals surface area contributed by atoms with Gasteiger partial charge >= 0.3 is 0 Å². The lowest BCUT2D eigenvalue weighted by Gasteiger charge is -2.27. The molecule has 1 saturated carbocycles. The minimum Gasteiger partial charge on any atom is -0.0956 e. The van der Waals surface area contributed by atoms with Gasteiger partial charge in [0.05, 0.1) is 0 Å². The molecular weight excluding hydrogens is 204 g/mol. The van der Waals surface area contributed by atoms with Gasteiger partial charge in [-0.25, -0.2) is 0 Å². The van der Waals surface area contributed by atoms with Crippen LogP contribution in [-0.2, 0) is 0 Å². The summed E-state index contributed by atoms with van der Waals surface area (Å²) in [5, 5.41) is 0. The fourth-order valence-electron chi connectivity index (χ4n) is 3.47. The zero-order chi connectivity index (χ0) is 12.8. The minimum absolute atomic E-state index is 0.725. The minimum atomic E-state index is 0.725. The monoisotopic (exact) mass is 234 g/mol. The van der Waals surface area contributed by atoms with Gasteiger partial charge in [0.15, 0.2) is 0 Å². The van der Waals surface area contributed by atoms with Crippen LogP contribution in [0.15, 0.2) is 24.3 Å². The first-order chi connectivity index (χ1) is 8.19. The molecule has 0 nitrogen and oxygen atoms in total. The van der Waals surface area contributed by atoms with Gasteiger partial charge in [-0.1, -0.05) is 64.3 Å². The molecule has 1 fully saturated rings. The Morgan fingerprint density at radius 2 is 2.06 bits per heavy atom. The topological polar surface area (TPSA) is 0 Å². The molecule has 98 valence electrons. The molecule has 1 rings (SSSR count). The van der Waals surface area contributed by atoms with E-state index in [1.807, 2.05) is 0 Å². The quantitative estimate of drug-likeness (QED) is 0.479. The highest BCUT2D eigenvalue weighted by atomic mass is 14.5. The van der Waals surface area contributed by atoms with Gasteiger partial charge in [0, 0.05) is 0 Å². The average Bonchev–Trinajstić information content (AvgIpc) is 3.08. The molecule has 0 saturated heterocycles. The largest absolute Gasteiger partial charge is 0.0956 e. The van der Waals surface area contributed by atoms with E-state index < -0.39 is 0 Å². The van der Waals surface area contributed by atoms with Crippen LogP contribution in [0, 0.1) is 23.7 Å².